The average Bonchev–Trinajstić information content (AvgIpc) is 2.72. The van der Waals surface area contributed by atoms with Crippen molar-refractivity contribution in [2.45, 2.75) is 38.7 Å². The number of carbonyl (C=O) groups is 1. The summed E-state index contributed by atoms with van der Waals surface area (Å²) < 4.78 is 10.2. The Morgan fingerprint density at radius 2 is 2.53 bits per heavy atom. The maximum Gasteiger partial charge on any atom is 0.323 e. The molecular weight excluding hydrogens is 194 g/mol. The molecule has 0 spiro atoms. The van der Waals surface area contributed by atoms with E-state index in [4.69, 9.17) is 14.7 Å². The van der Waals surface area contributed by atoms with E-state index in [-0.39, 0.29) is 6.10 Å². The lowest BCUT2D eigenvalue weighted by atomic mass is 10.0. The van der Waals surface area contributed by atoms with Crippen molar-refractivity contribution in [1.29, 1.82) is 5.26 Å². The molecule has 1 rings (SSSR count). The normalized spacial score (nSPS) is 22.0. The maximum atomic E-state index is 11.3. The van der Waals surface area contributed by atoms with Gasteiger partial charge in [0.25, 0.3) is 0 Å². The van der Waals surface area contributed by atoms with Gasteiger partial charge < -0.3 is 9.47 Å². The topological polar surface area (TPSA) is 59.3 Å². The first-order valence-electron chi connectivity index (χ1n) is 5.45. The zero-order chi connectivity index (χ0) is 11.1. The standard InChI is InChI=1S/C11H17NO3/c1-2-14-11(13)9(8-12)5-6-10-4-3-7-15-10/h9-10H,2-7H2,1H3. The van der Waals surface area contributed by atoms with Crippen molar-refractivity contribution in [2.24, 2.45) is 5.92 Å². The highest BCUT2D eigenvalue weighted by molar-refractivity contribution is 5.75. The van der Waals surface area contributed by atoms with Crippen molar-refractivity contribution in [1.82, 2.24) is 0 Å². The summed E-state index contributed by atoms with van der Waals surface area (Å²) >= 11 is 0. The Bertz CT molecular complexity index is 241. The predicted octanol–water partition coefficient (Wildman–Crippen LogP) is 1.65. The molecule has 1 fully saturated rings. The summed E-state index contributed by atoms with van der Waals surface area (Å²) in [6.07, 6.45) is 3.68. The molecule has 2 unspecified atom stereocenters. The summed E-state index contributed by atoms with van der Waals surface area (Å²) in [5.41, 5.74) is 0. The second-order valence-corrected chi connectivity index (χ2v) is 3.65. The van der Waals surface area contributed by atoms with E-state index < -0.39 is 11.9 Å². The molecule has 0 bridgehead atoms. The molecule has 4 nitrogen and oxygen atoms in total. The van der Waals surface area contributed by atoms with Crippen molar-refractivity contribution in [3.8, 4) is 6.07 Å². The molecule has 0 aromatic carbocycles. The van der Waals surface area contributed by atoms with Crippen LogP contribution in [0, 0.1) is 17.2 Å². The second-order valence-electron chi connectivity index (χ2n) is 3.65. The fraction of sp³-hybridized carbons (Fsp3) is 0.818. The monoisotopic (exact) mass is 211 g/mol. The largest absolute Gasteiger partial charge is 0.465 e. The first kappa shape index (κ1) is 12.0. The van der Waals surface area contributed by atoms with E-state index in [1.165, 1.54) is 0 Å². The van der Waals surface area contributed by atoms with Gasteiger partial charge in [0.15, 0.2) is 0 Å². The molecule has 4 heteroatoms. The molecule has 0 aliphatic carbocycles. The van der Waals surface area contributed by atoms with Crippen LogP contribution in [0.1, 0.15) is 32.6 Å². The van der Waals surface area contributed by atoms with Crippen molar-refractivity contribution in [3.05, 3.63) is 0 Å². The molecule has 84 valence electrons. The second kappa shape index (κ2) is 6.41. The number of hydrogen-bond donors (Lipinski definition) is 0. The SMILES string of the molecule is CCOC(=O)C(C#N)CCC1CCCO1. The number of esters is 1. The molecule has 0 amide bonds. The fourth-order valence-corrected chi connectivity index (χ4v) is 1.70. The summed E-state index contributed by atoms with van der Waals surface area (Å²) in [6, 6.07) is 1.98. The molecule has 1 aliphatic heterocycles. The Balaban J connectivity index is 2.27. The van der Waals surface area contributed by atoms with E-state index in [1.54, 1.807) is 6.92 Å². The fourth-order valence-electron chi connectivity index (χ4n) is 1.70. The van der Waals surface area contributed by atoms with Gasteiger partial charge in [0.2, 0.25) is 0 Å². The smallest absolute Gasteiger partial charge is 0.323 e. The summed E-state index contributed by atoms with van der Waals surface area (Å²) in [7, 11) is 0. The van der Waals surface area contributed by atoms with Gasteiger partial charge in [0, 0.05) is 6.61 Å². The zero-order valence-electron chi connectivity index (χ0n) is 9.07. The van der Waals surface area contributed by atoms with Crippen LogP contribution in [0.2, 0.25) is 0 Å². The van der Waals surface area contributed by atoms with Crippen LogP contribution in [0.4, 0.5) is 0 Å². The molecule has 0 saturated carbocycles. The van der Waals surface area contributed by atoms with Gasteiger partial charge in [-0.1, -0.05) is 0 Å². The molecule has 0 aromatic heterocycles. The van der Waals surface area contributed by atoms with Crippen LogP contribution >= 0.6 is 0 Å². The van der Waals surface area contributed by atoms with Crippen LogP contribution in [0.15, 0.2) is 0 Å². The van der Waals surface area contributed by atoms with Crippen LogP contribution in [-0.2, 0) is 14.3 Å². The average molecular weight is 211 g/mol. The van der Waals surface area contributed by atoms with E-state index in [0.717, 1.165) is 25.9 Å². The molecule has 2 atom stereocenters. The molecule has 0 aromatic rings. The minimum Gasteiger partial charge on any atom is -0.465 e. The van der Waals surface area contributed by atoms with Gasteiger partial charge in [-0.05, 0) is 32.6 Å². The maximum absolute atomic E-state index is 11.3. The van der Waals surface area contributed by atoms with Crippen LogP contribution < -0.4 is 0 Å². The summed E-state index contributed by atoms with van der Waals surface area (Å²) in [4.78, 5) is 11.3. The van der Waals surface area contributed by atoms with Crippen LogP contribution in [0.3, 0.4) is 0 Å². The third-order valence-corrected chi connectivity index (χ3v) is 2.53. The van der Waals surface area contributed by atoms with Gasteiger partial charge in [0.05, 0.1) is 18.8 Å². The van der Waals surface area contributed by atoms with Crippen molar-refractivity contribution in [2.75, 3.05) is 13.2 Å². The molecular formula is C11H17NO3. The lowest BCUT2D eigenvalue weighted by Gasteiger charge is -2.11. The van der Waals surface area contributed by atoms with E-state index in [1.807, 2.05) is 6.07 Å². The predicted molar refractivity (Wildman–Crippen MR) is 53.9 cm³/mol. The van der Waals surface area contributed by atoms with Gasteiger partial charge in [0.1, 0.15) is 5.92 Å². The number of carbonyl (C=O) groups excluding carboxylic acids is 1. The highest BCUT2D eigenvalue weighted by Crippen LogP contribution is 2.19. The lowest BCUT2D eigenvalue weighted by molar-refractivity contribution is -0.146. The Kier molecular flexibility index (Phi) is 5.13. The number of rotatable bonds is 5. The molecule has 15 heavy (non-hydrogen) atoms. The first-order valence-corrected chi connectivity index (χ1v) is 5.45. The van der Waals surface area contributed by atoms with Gasteiger partial charge >= 0.3 is 5.97 Å². The van der Waals surface area contributed by atoms with E-state index in [9.17, 15) is 4.79 Å². The number of nitrogens with zero attached hydrogens (tertiary/aromatic N) is 1. The van der Waals surface area contributed by atoms with Gasteiger partial charge in [-0.15, -0.1) is 0 Å². The minimum atomic E-state index is -0.630. The Hall–Kier alpha value is -1.08. The van der Waals surface area contributed by atoms with Crippen LogP contribution in [0.5, 0.6) is 0 Å². The molecule has 1 saturated heterocycles. The highest BCUT2D eigenvalue weighted by Gasteiger charge is 2.22. The van der Waals surface area contributed by atoms with E-state index >= 15 is 0 Å². The summed E-state index contributed by atoms with van der Waals surface area (Å²) in [6.45, 7) is 2.88. The number of hydrogen-bond acceptors (Lipinski definition) is 4. The lowest BCUT2D eigenvalue weighted by Crippen LogP contribution is -2.18. The third kappa shape index (κ3) is 3.88. The third-order valence-electron chi connectivity index (χ3n) is 2.53. The Morgan fingerprint density at radius 3 is 3.07 bits per heavy atom. The molecule has 0 N–H and O–H groups in total. The summed E-state index contributed by atoms with van der Waals surface area (Å²) in [5, 5.41) is 8.81. The Morgan fingerprint density at radius 1 is 1.73 bits per heavy atom. The highest BCUT2D eigenvalue weighted by atomic mass is 16.5. The first-order chi connectivity index (χ1) is 7.27. The van der Waals surface area contributed by atoms with Crippen molar-refractivity contribution >= 4 is 5.97 Å². The van der Waals surface area contributed by atoms with Crippen LogP contribution in [0.25, 0.3) is 0 Å². The van der Waals surface area contributed by atoms with E-state index in [2.05, 4.69) is 0 Å². The quantitative estimate of drug-likeness (QED) is 0.649. The zero-order valence-corrected chi connectivity index (χ0v) is 9.07. The van der Waals surface area contributed by atoms with Crippen LogP contribution in [-0.4, -0.2) is 25.3 Å². The summed E-state index contributed by atoms with van der Waals surface area (Å²) in [5.74, 6) is -1.04. The molecule has 1 aliphatic rings. The minimum absolute atomic E-state index is 0.232. The van der Waals surface area contributed by atoms with Crippen molar-refractivity contribution in [3.63, 3.8) is 0 Å². The number of nitriles is 1. The van der Waals surface area contributed by atoms with Gasteiger partial charge in [-0.3, -0.25) is 4.79 Å². The van der Waals surface area contributed by atoms with E-state index in [0.29, 0.717) is 13.0 Å². The van der Waals surface area contributed by atoms with Crippen molar-refractivity contribution < 1.29 is 14.3 Å². The molecule has 1 heterocycles. The van der Waals surface area contributed by atoms with Gasteiger partial charge in [-0.25, -0.2) is 0 Å². The Labute approximate surface area is 90.2 Å². The molecule has 0 radical (unpaired) electrons. The van der Waals surface area contributed by atoms with Gasteiger partial charge in [-0.2, -0.15) is 5.26 Å². The number of ether oxygens (including phenoxy) is 2.